The number of aryl methyl sites for hydroxylation is 3. The summed E-state index contributed by atoms with van der Waals surface area (Å²) in [7, 11) is 1.83. The number of benzene rings is 1. The van der Waals surface area contributed by atoms with Crippen LogP contribution in [0.5, 0.6) is 5.88 Å². The number of amides is 1. The van der Waals surface area contributed by atoms with E-state index in [0.717, 1.165) is 40.8 Å². The summed E-state index contributed by atoms with van der Waals surface area (Å²) >= 11 is 0. The molecule has 2 aromatic heterocycles. The van der Waals surface area contributed by atoms with Gasteiger partial charge in [0.2, 0.25) is 5.88 Å². The number of pyridine rings is 1. The standard InChI is InChI=1S/C21H26N4O2/c1-5-6-12-25(17-10-8-7-9-11-17)18(26)14-27-21-19-15(2)13-16(3)22-20(19)24(4)23-21/h7-11,13H,5-6,12,14H2,1-4H3. The quantitative estimate of drug-likeness (QED) is 0.638. The number of para-hydroxylation sites is 1. The van der Waals surface area contributed by atoms with E-state index >= 15 is 0 Å². The van der Waals surface area contributed by atoms with Gasteiger partial charge in [-0.15, -0.1) is 5.10 Å². The molecule has 0 N–H and O–H groups in total. The Morgan fingerprint density at radius 3 is 2.67 bits per heavy atom. The SMILES string of the molecule is CCCCN(C(=O)COc1nn(C)c2nc(C)cc(C)c12)c1ccccc1. The number of fused-ring (bicyclic) bond motifs is 1. The molecule has 0 unspecified atom stereocenters. The third kappa shape index (κ3) is 4.10. The molecule has 3 aromatic rings. The molecule has 0 fully saturated rings. The second kappa shape index (κ2) is 8.20. The smallest absolute Gasteiger partial charge is 0.264 e. The monoisotopic (exact) mass is 366 g/mol. The summed E-state index contributed by atoms with van der Waals surface area (Å²) in [6.07, 6.45) is 1.96. The molecule has 0 atom stereocenters. The molecule has 0 aliphatic heterocycles. The second-order valence-corrected chi connectivity index (χ2v) is 6.73. The maximum atomic E-state index is 12.9. The maximum absolute atomic E-state index is 12.9. The third-order valence-electron chi connectivity index (χ3n) is 4.52. The first kappa shape index (κ1) is 18.9. The number of carbonyl (C=O) groups is 1. The first-order chi connectivity index (χ1) is 13.0. The zero-order valence-electron chi connectivity index (χ0n) is 16.4. The van der Waals surface area contributed by atoms with Crippen molar-refractivity contribution in [2.75, 3.05) is 18.1 Å². The van der Waals surface area contributed by atoms with Crippen molar-refractivity contribution in [3.8, 4) is 5.88 Å². The average molecular weight is 366 g/mol. The summed E-state index contributed by atoms with van der Waals surface area (Å²) < 4.78 is 7.54. The Bertz CT molecular complexity index is 934. The number of ether oxygens (including phenoxy) is 1. The predicted molar refractivity (Wildman–Crippen MR) is 107 cm³/mol. The van der Waals surface area contributed by atoms with Gasteiger partial charge in [0.1, 0.15) is 0 Å². The van der Waals surface area contributed by atoms with Crippen molar-refractivity contribution in [3.05, 3.63) is 47.7 Å². The van der Waals surface area contributed by atoms with E-state index in [1.54, 1.807) is 9.58 Å². The van der Waals surface area contributed by atoms with Crippen LogP contribution in [0.2, 0.25) is 0 Å². The maximum Gasteiger partial charge on any atom is 0.264 e. The molecular formula is C21H26N4O2. The van der Waals surface area contributed by atoms with Gasteiger partial charge in [-0.25, -0.2) is 9.67 Å². The lowest BCUT2D eigenvalue weighted by atomic mass is 10.2. The van der Waals surface area contributed by atoms with Gasteiger partial charge in [-0.1, -0.05) is 31.5 Å². The minimum Gasteiger partial charge on any atom is -0.466 e. The van der Waals surface area contributed by atoms with Crippen LogP contribution >= 0.6 is 0 Å². The largest absolute Gasteiger partial charge is 0.466 e. The van der Waals surface area contributed by atoms with Crippen LogP contribution in [-0.2, 0) is 11.8 Å². The first-order valence-electron chi connectivity index (χ1n) is 9.30. The molecule has 0 bridgehead atoms. The number of nitrogens with zero attached hydrogens (tertiary/aromatic N) is 4. The topological polar surface area (TPSA) is 60.3 Å². The molecule has 0 aliphatic rings. The molecule has 6 heteroatoms. The highest BCUT2D eigenvalue weighted by molar-refractivity contribution is 5.94. The Balaban J connectivity index is 1.80. The fourth-order valence-electron chi connectivity index (χ4n) is 3.18. The molecule has 27 heavy (non-hydrogen) atoms. The Kier molecular flexibility index (Phi) is 5.74. The number of anilines is 1. The lowest BCUT2D eigenvalue weighted by molar-refractivity contribution is -0.120. The van der Waals surface area contributed by atoms with Gasteiger partial charge in [-0.3, -0.25) is 4.79 Å². The van der Waals surface area contributed by atoms with Crippen LogP contribution in [0.4, 0.5) is 5.69 Å². The minimum absolute atomic E-state index is 0.0575. The summed E-state index contributed by atoms with van der Waals surface area (Å²) in [4.78, 5) is 19.2. The van der Waals surface area contributed by atoms with Gasteiger partial charge in [0.25, 0.3) is 5.91 Å². The number of rotatable bonds is 7. The van der Waals surface area contributed by atoms with E-state index in [-0.39, 0.29) is 12.5 Å². The van der Waals surface area contributed by atoms with Gasteiger partial charge < -0.3 is 9.64 Å². The van der Waals surface area contributed by atoms with Crippen LogP contribution in [0.3, 0.4) is 0 Å². The molecule has 0 saturated carbocycles. The summed E-state index contributed by atoms with van der Waals surface area (Å²) in [6.45, 7) is 6.69. The number of unbranched alkanes of at least 4 members (excludes halogenated alkanes) is 1. The molecule has 0 saturated heterocycles. The minimum atomic E-state index is -0.0776. The van der Waals surface area contributed by atoms with Crippen LogP contribution in [-0.4, -0.2) is 33.8 Å². The van der Waals surface area contributed by atoms with E-state index < -0.39 is 0 Å². The Labute approximate surface area is 159 Å². The molecule has 1 amide bonds. The fourth-order valence-corrected chi connectivity index (χ4v) is 3.18. The molecule has 1 aromatic carbocycles. The van der Waals surface area contributed by atoms with E-state index in [1.165, 1.54) is 0 Å². The van der Waals surface area contributed by atoms with Crippen molar-refractivity contribution in [3.63, 3.8) is 0 Å². The molecule has 0 spiro atoms. The Hall–Kier alpha value is -2.89. The van der Waals surface area contributed by atoms with Crippen molar-refractivity contribution in [2.45, 2.75) is 33.6 Å². The summed E-state index contributed by atoms with van der Waals surface area (Å²) in [5, 5.41) is 5.28. The van der Waals surface area contributed by atoms with Crippen LogP contribution in [0.25, 0.3) is 11.0 Å². The average Bonchev–Trinajstić information content (AvgIpc) is 2.97. The van der Waals surface area contributed by atoms with Gasteiger partial charge in [0, 0.05) is 25.0 Å². The van der Waals surface area contributed by atoms with Crippen molar-refractivity contribution < 1.29 is 9.53 Å². The lowest BCUT2D eigenvalue weighted by Gasteiger charge is -2.22. The summed E-state index contributed by atoms with van der Waals surface area (Å²) in [6, 6.07) is 11.7. The summed E-state index contributed by atoms with van der Waals surface area (Å²) in [5.41, 5.74) is 3.62. The van der Waals surface area contributed by atoms with Crippen LogP contribution in [0.1, 0.15) is 31.0 Å². The van der Waals surface area contributed by atoms with Crippen LogP contribution < -0.4 is 9.64 Å². The van der Waals surface area contributed by atoms with Crippen molar-refractivity contribution in [1.82, 2.24) is 14.8 Å². The van der Waals surface area contributed by atoms with Gasteiger partial charge >= 0.3 is 0 Å². The van der Waals surface area contributed by atoms with Gasteiger partial charge in [-0.2, -0.15) is 0 Å². The van der Waals surface area contributed by atoms with E-state index in [4.69, 9.17) is 4.74 Å². The highest BCUT2D eigenvalue weighted by Gasteiger charge is 2.19. The molecule has 0 radical (unpaired) electrons. The highest BCUT2D eigenvalue weighted by Crippen LogP contribution is 2.27. The van der Waals surface area contributed by atoms with Crippen LogP contribution in [0, 0.1) is 13.8 Å². The molecular weight excluding hydrogens is 340 g/mol. The van der Waals surface area contributed by atoms with Gasteiger partial charge in [0.15, 0.2) is 12.3 Å². The molecule has 142 valence electrons. The molecule has 3 rings (SSSR count). The first-order valence-corrected chi connectivity index (χ1v) is 9.30. The van der Waals surface area contributed by atoms with E-state index in [1.807, 2.05) is 57.3 Å². The van der Waals surface area contributed by atoms with Crippen molar-refractivity contribution >= 4 is 22.6 Å². The fraction of sp³-hybridized carbons (Fsp3) is 0.381. The lowest BCUT2D eigenvalue weighted by Crippen LogP contribution is -2.35. The second-order valence-electron chi connectivity index (χ2n) is 6.73. The summed E-state index contributed by atoms with van der Waals surface area (Å²) in [5.74, 6) is 0.375. The number of aromatic nitrogens is 3. The highest BCUT2D eigenvalue weighted by atomic mass is 16.5. The molecule has 2 heterocycles. The Morgan fingerprint density at radius 2 is 1.96 bits per heavy atom. The van der Waals surface area contributed by atoms with Crippen molar-refractivity contribution in [2.24, 2.45) is 7.05 Å². The molecule has 0 aliphatic carbocycles. The van der Waals surface area contributed by atoms with E-state index in [9.17, 15) is 4.79 Å². The number of hydrogen-bond donors (Lipinski definition) is 0. The number of carbonyl (C=O) groups excluding carboxylic acids is 1. The third-order valence-corrected chi connectivity index (χ3v) is 4.52. The Morgan fingerprint density at radius 1 is 1.22 bits per heavy atom. The zero-order valence-corrected chi connectivity index (χ0v) is 16.4. The molecule has 6 nitrogen and oxygen atoms in total. The van der Waals surface area contributed by atoms with Crippen molar-refractivity contribution in [1.29, 1.82) is 0 Å². The number of hydrogen-bond acceptors (Lipinski definition) is 4. The normalized spacial score (nSPS) is 11.0. The van der Waals surface area contributed by atoms with E-state index in [0.29, 0.717) is 12.4 Å². The predicted octanol–water partition coefficient (Wildman–Crippen LogP) is 3.80. The van der Waals surface area contributed by atoms with E-state index in [2.05, 4.69) is 17.0 Å². The van der Waals surface area contributed by atoms with Crippen LogP contribution in [0.15, 0.2) is 36.4 Å². The van der Waals surface area contributed by atoms with Gasteiger partial charge in [-0.05, 0) is 44.0 Å². The zero-order chi connectivity index (χ0) is 19.4. The van der Waals surface area contributed by atoms with Gasteiger partial charge in [0.05, 0.1) is 5.39 Å².